The van der Waals surface area contributed by atoms with Gasteiger partial charge in [-0.15, -0.1) is 11.8 Å². The number of rotatable bonds is 5. The summed E-state index contributed by atoms with van der Waals surface area (Å²) in [6.45, 7) is 6.17. The van der Waals surface area contributed by atoms with Gasteiger partial charge in [-0.25, -0.2) is 0 Å². The van der Waals surface area contributed by atoms with Crippen molar-refractivity contribution in [2.24, 2.45) is 0 Å². The van der Waals surface area contributed by atoms with E-state index in [9.17, 15) is 4.79 Å². The Balaban J connectivity index is 1.80. The number of benzene rings is 2. The van der Waals surface area contributed by atoms with Crippen molar-refractivity contribution in [3.8, 4) is 0 Å². The van der Waals surface area contributed by atoms with E-state index in [1.165, 1.54) is 16.0 Å². The van der Waals surface area contributed by atoms with Crippen LogP contribution in [0.15, 0.2) is 53.4 Å². The molecular weight excluding hydrogens is 328 g/mol. The van der Waals surface area contributed by atoms with E-state index in [4.69, 9.17) is 0 Å². The molecule has 0 saturated carbocycles. The Hall–Kier alpha value is -1.78. The average Bonchev–Trinajstić information content (AvgIpc) is 2.62. The molecule has 25 heavy (non-hydrogen) atoms. The molecule has 0 spiro atoms. The van der Waals surface area contributed by atoms with Crippen LogP contribution in [0.5, 0.6) is 0 Å². The second-order valence-corrected chi connectivity index (χ2v) is 7.86. The van der Waals surface area contributed by atoms with E-state index in [1.807, 2.05) is 30.3 Å². The highest BCUT2D eigenvalue weighted by Crippen LogP contribution is 2.37. The molecule has 4 heteroatoms. The Morgan fingerprint density at radius 1 is 1.12 bits per heavy atom. The first-order chi connectivity index (χ1) is 12.1. The fourth-order valence-corrected chi connectivity index (χ4v) is 4.32. The van der Waals surface area contributed by atoms with Gasteiger partial charge in [-0.05, 0) is 57.0 Å². The van der Waals surface area contributed by atoms with Gasteiger partial charge in [-0.2, -0.15) is 0 Å². The third-order valence-corrected chi connectivity index (χ3v) is 6.04. The minimum Gasteiger partial charge on any atom is -0.352 e. The summed E-state index contributed by atoms with van der Waals surface area (Å²) in [5.74, 6) is 0.114. The third kappa shape index (κ3) is 4.86. The van der Waals surface area contributed by atoms with Crippen LogP contribution in [0.2, 0.25) is 0 Å². The molecule has 1 heterocycles. The molecule has 1 amide bonds. The highest BCUT2D eigenvalue weighted by molar-refractivity contribution is 8.00. The zero-order chi connectivity index (χ0) is 17.6. The van der Waals surface area contributed by atoms with Gasteiger partial charge in [-0.3, -0.25) is 4.79 Å². The SMILES string of the molecule is Cc1ccc(SC(C(=O)NC2CCNCC2)c2ccccc2)c(C)c1. The third-order valence-electron chi connectivity index (χ3n) is 4.60. The van der Waals surface area contributed by atoms with Gasteiger partial charge in [-0.1, -0.05) is 48.0 Å². The monoisotopic (exact) mass is 354 g/mol. The lowest BCUT2D eigenvalue weighted by Crippen LogP contribution is -2.44. The van der Waals surface area contributed by atoms with Crippen LogP contribution in [0.4, 0.5) is 0 Å². The zero-order valence-corrected chi connectivity index (χ0v) is 15.7. The number of hydrogen-bond acceptors (Lipinski definition) is 3. The first kappa shape index (κ1) is 18.0. The molecule has 1 unspecified atom stereocenters. The Morgan fingerprint density at radius 3 is 2.52 bits per heavy atom. The molecule has 1 aliphatic heterocycles. The van der Waals surface area contributed by atoms with Crippen LogP contribution in [-0.4, -0.2) is 25.0 Å². The summed E-state index contributed by atoms with van der Waals surface area (Å²) in [6, 6.07) is 16.8. The van der Waals surface area contributed by atoms with Gasteiger partial charge in [0.25, 0.3) is 0 Å². The van der Waals surface area contributed by atoms with Crippen molar-refractivity contribution in [3.05, 3.63) is 65.2 Å². The van der Waals surface area contributed by atoms with Crippen molar-refractivity contribution in [1.82, 2.24) is 10.6 Å². The summed E-state index contributed by atoms with van der Waals surface area (Å²) < 4.78 is 0. The number of aryl methyl sites for hydroxylation is 2. The highest BCUT2D eigenvalue weighted by atomic mass is 32.2. The molecular formula is C21H26N2OS. The first-order valence-corrected chi connectivity index (χ1v) is 9.81. The van der Waals surface area contributed by atoms with Crippen molar-refractivity contribution in [2.75, 3.05) is 13.1 Å². The van der Waals surface area contributed by atoms with Gasteiger partial charge in [0.05, 0.1) is 0 Å². The Bertz CT molecular complexity index is 711. The van der Waals surface area contributed by atoms with Gasteiger partial charge in [0.15, 0.2) is 0 Å². The lowest BCUT2D eigenvalue weighted by molar-refractivity contribution is -0.121. The molecule has 2 N–H and O–H groups in total. The summed E-state index contributed by atoms with van der Waals surface area (Å²) in [7, 11) is 0. The number of nitrogens with one attached hydrogen (secondary N) is 2. The van der Waals surface area contributed by atoms with Crippen LogP contribution in [0.25, 0.3) is 0 Å². The van der Waals surface area contributed by atoms with Crippen molar-refractivity contribution < 1.29 is 4.79 Å². The molecule has 132 valence electrons. The fraction of sp³-hybridized carbons (Fsp3) is 0.381. The van der Waals surface area contributed by atoms with Crippen LogP contribution < -0.4 is 10.6 Å². The molecule has 2 aromatic rings. The molecule has 1 fully saturated rings. The Morgan fingerprint density at radius 2 is 1.84 bits per heavy atom. The average molecular weight is 355 g/mol. The molecule has 1 aliphatic rings. The Kier molecular flexibility index (Phi) is 6.16. The summed E-state index contributed by atoms with van der Waals surface area (Å²) in [5, 5.41) is 6.39. The first-order valence-electron chi connectivity index (χ1n) is 8.93. The predicted octanol–water partition coefficient (Wildman–Crippen LogP) is 4.01. The number of piperidine rings is 1. The lowest BCUT2D eigenvalue weighted by atomic mass is 10.1. The lowest BCUT2D eigenvalue weighted by Gasteiger charge is -2.26. The fourth-order valence-electron chi connectivity index (χ4n) is 3.20. The van der Waals surface area contributed by atoms with Crippen LogP contribution in [0, 0.1) is 13.8 Å². The van der Waals surface area contributed by atoms with E-state index >= 15 is 0 Å². The molecule has 0 aliphatic carbocycles. The minimum atomic E-state index is -0.225. The van der Waals surface area contributed by atoms with Gasteiger partial charge >= 0.3 is 0 Å². The quantitative estimate of drug-likeness (QED) is 0.797. The number of thioether (sulfide) groups is 1. The molecule has 0 aromatic heterocycles. The van der Waals surface area contributed by atoms with E-state index in [1.54, 1.807) is 11.8 Å². The van der Waals surface area contributed by atoms with Gasteiger partial charge in [0.1, 0.15) is 5.25 Å². The summed E-state index contributed by atoms with van der Waals surface area (Å²) >= 11 is 1.65. The van der Waals surface area contributed by atoms with E-state index in [-0.39, 0.29) is 17.2 Å². The van der Waals surface area contributed by atoms with Crippen LogP contribution in [-0.2, 0) is 4.79 Å². The maximum absolute atomic E-state index is 13.0. The number of hydrogen-bond donors (Lipinski definition) is 2. The zero-order valence-electron chi connectivity index (χ0n) is 14.9. The van der Waals surface area contributed by atoms with Crippen molar-refractivity contribution in [3.63, 3.8) is 0 Å². The van der Waals surface area contributed by atoms with Crippen LogP contribution in [0.3, 0.4) is 0 Å². The second-order valence-electron chi connectivity index (χ2n) is 6.71. The maximum Gasteiger partial charge on any atom is 0.238 e. The maximum atomic E-state index is 13.0. The topological polar surface area (TPSA) is 41.1 Å². The van der Waals surface area contributed by atoms with Crippen LogP contribution >= 0.6 is 11.8 Å². The molecule has 0 bridgehead atoms. The van der Waals surface area contributed by atoms with Gasteiger partial charge < -0.3 is 10.6 Å². The van der Waals surface area contributed by atoms with E-state index in [0.717, 1.165) is 31.5 Å². The largest absolute Gasteiger partial charge is 0.352 e. The van der Waals surface area contributed by atoms with Crippen LogP contribution in [0.1, 0.15) is 34.8 Å². The number of amides is 1. The standard InChI is InChI=1S/C21H26N2OS/c1-15-8-9-19(16(2)14-15)25-20(17-6-4-3-5-7-17)21(24)23-18-10-12-22-13-11-18/h3-9,14,18,20,22H,10-13H2,1-2H3,(H,23,24). The van der Waals surface area contributed by atoms with Crippen molar-refractivity contribution in [2.45, 2.75) is 42.9 Å². The second kappa shape index (κ2) is 8.54. The van der Waals surface area contributed by atoms with Gasteiger partial charge in [0.2, 0.25) is 5.91 Å². The van der Waals surface area contributed by atoms with Crippen molar-refractivity contribution in [1.29, 1.82) is 0 Å². The smallest absolute Gasteiger partial charge is 0.238 e. The number of carbonyl (C=O) groups excluding carboxylic acids is 1. The molecule has 3 nitrogen and oxygen atoms in total. The van der Waals surface area contributed by atoms with Crippen molar-refractivity contribution >= 4 is 17.7 Å². The summed E-state index contributed by atoms with van der Waals surface area (Å²) in [5.41, 5.74) is 3.52. The molecule has 1 atom stereocenters. The Labute approximate surface area is 154 Å². The number of carbonyl (C=O) groups is 1. The van der Waals surface area contributed by atoms with E-state index in [2.05, 4.69) is 42.7 Å². The molecule has 0 radical (unpaired) electrons. The highest BCUT2D eigenvalue weighted by Gasteiger charge is 2.25. The van der Waals surface area contributed by atoms with E-state index < -0.39 is 0 Å². The molecule has 3 rings (SSSR count). The minimum absolute atomic E-state index is 0.114. The van der Waals surface area contributed by atoms with E-state index in [0.29, 0.717) is 0 Å². The summed E-state index contributed by atoms with van der Waals surface area (Å²) in [6.07, 6.45) is 2.00. The van der Waals surface area contributed by atoms with Gasteiger partial charge in [0, 0.05) is 10.9 Å². The normalized spacial score (nSPS) is 16.4. The molecule has 2 aromatic carbocycles. The predicted molar refractivity (Wildman–Crippen MR) is 105 cm³/mol. The molecule has 1 saturated heterocycles. The summed E-state index contributed by atoms with van der Waals surface area (Å²) in [4.78, 5) is 14.2.